The van der Waals surface area contributed by atoms with E-state index in [4.69, 9.17) is 4.74 Å². The molecule has 1 unspecified atom stereocenters. The lowest BCUT2D eigenvalue weighted by Crippen LogP contribution is -2.41. The number of likely N-dealkylation sites (tertiary alicyclic amines) is 1. The van der Waals surface area contributed by atoms with Gasteiger partial charge >= 0.3 is 0 Å². The highest BCUT2D eigenvalue weighted by Gasteiger charge is 2.27. The highest BCUT2D eigenvalue weighted by atomic mass is 32.1. The fourth-order valence-corrected chi connectivity index (χ4v) is 4.16. The molecular formula is C22H22FN3O2S. The smallest absolute Gasteiger partial charge is 0.254 e. The number of amides is 1. The number of benzene rings is 1. The molecule has 3 aromatic rings. The van der Waals surface area contributed by atoms with Crippen LogP contribution >= 0.6 is 11.3 Å². The Hall–Kier alpha value is -2.80. The van der Waals surface area contributed by atoms with E-state index in [1.807, 2.05) is 35.4 Å². The third kappa shape index (κ3) is 4.62. The van der Waals surface area contributed by atoms with E-state index in [1.165, 1.54) is 23.5 Å². The topological polar surface area (TPSA) is 55.3 Å². The first-order chi connectivity index (χ1) is 14.1. The summed E-state index contributed by atoms with van der Waals surface area (Å²) in [5.41, 5.74) is 5.22. The number of aryl methyl sites for hydroxylation is 1. The van der Waals surface area contributed by atoms with Crippen molar-refractivity contribution >= 4 is 17.2 Å². The summed E-state index contributed by atoms with van der Waals surface area (Å²) in [7, 11) is 0. The van der Waals surface area contributed by atoms with E-state index < -0.39 is 0 Å². The Labute approximate surface area is 173 Å². The number of halogens is 1. The van der Waals surface area contributed by atoms with Gasteiger partial charge in [0.05, 0.1) is 24.0 Å². The van der Waals surface area contributed by atoms with Gasteiger partial charge in [0, 0.05) is 41.6 Å². The molecule has 0 bridgehead atoms. The van der Waals surface area contributed by atoms with Crippen molar-refractivity contribution < 1.29 is 13.9 Å². The number of hydrogen-bond acceptors (Lipinski definition) is 5. The fourth-order valence-electron chi connectivity index (χ4n) is 3.61. The Balaban J connectivity index is 1.46. The SMILES string of the molecule is Cc1ccc(-c2cscn2)c(C(=O)N2CCCC(COc3ccc(F)cn3)C2)c1. The highest BCUT2D eigenvalue weighted by molar-refractivity contribution is 7.07. The molecule has 5 nitrogen and oxygen atoms in total. The predicted octanol–water partition coefficient (Wildman–Crippen LogP) is 4.58. The molecule has 2 aromatic heterocycles. The van der Waals surface area contributed by atoms with Crippen molar-refractivity contribution in [3.8, 4) is 17.1 Å². The average molecular weight is 412 g/mol. The molecule has 0 spiro atoms. The standard InChI is InChI=1S/C22H22FN3O2S/c1-15-4-6-18(20-13-29-14-25-20)19(9-15)22(27)26-8-2-3-16(11-26)12-28-21-7-5-17(23)10-24-21/h4-7,9-10,13-14,16H,2-3,8,11-12H2,1H3. The summed E-state index contributed by atoms with van der Waals surface area (Å²) in [6, 6.07) is 8.78. The van der Waals surface area contributed by atoms with Gasteiger partial charge in [-0.3, -0.25) is 4.79 Å². The van der Waals surface area contributed by atoms with E-state index in [0.29, 0.717) is 24.6 Å². The van der Waals surface area contributed by atoms with Crippen molar-refractivity contribution in [3.05, 3.63) is 64.4 Å². The predicted molar refractivity (Wildman–Crippen MR) is 111 cm³/mol. The molecule has 0 N–H and O–H groups in total. The summed E-state index contributed by atoms with van der Waals surface area (Å²) in [6.45, 7) is 3.80. The Morgan fingerprint density at radius 2 is 2.21 bits per heavy atom. The van der Waals surface area contributed by atoms with Gasteiger partial charge in [0.2, 0.25) is 5.88 Å². The number of aromatic nitrogens is 2. The summed E-state index contributed by atoms with van der Waals surface area (Å²) in [4.78, 5) is 23.5. The number of thiazole rings is 1. The Kier molecular flexibility index (Phi) is 5.85. The second-order valence-electron chi connectivity index (χ2n) is 7.31. The van der Waals surface area contributed by atoms with Crippen LogP contribution in [0.15, 0.2) is 47.4 Å². The maximum absolute atomic E-state index is 13.3. The largest absolute Gasteiger partial charge is 0.477 e. The summed E-state index contributed by atoms with van der Waals surface area (Å²) < 4.78 is 18.7. The van der Waals surface area contributed by atoms with Gasteiger partial charge in [-0.1, -0.05) is 17.7 Å². The van der Waals surface area contributed by atoms with E-state index in [9.17, 15) is 9.18 Å². The van der Waals surface area contributed by atoms with Gasteiger partial charge in [0.25, 0.3) is 5.91 Å². The van der Waals surface area contributed by atoms with Crippen LogP contribution < -0.4 is 4.74 Å². The summed E-state index contributed by atoms with van der Waals surface area (Å²) in [6.07, 6.45) is 3.05. The molecule has 1 fully saturated rings. The Morgan fingerprint density at radius 3 is 2.97 bits per heavy atom. The van der Waals surface area contributed by atoms with Gasteiger partial charge in [-0.2, -0.15) is 0 Å². The van der Waals surface area contributed by atoms with Crippen LogP contribution in [0.1, 0.15) is 28.8 Å². The maximum Gasteiger partial charge on any atom is 0.254 e. The fraction of sp³-hybridized carbons (Fsp3) is 0.318. The Morgan fingerprint density at radius 1 is 1.31 bits per heavy atom. The monoisotopic (exact) mass is 411 g/mol. The molecule has 0 radical (unpaired) electrons. The second kappa shape index (κ2) is 8.69. The van der Waals surface area contributed by atoms with Crippen molar-refractivity contribution in [1.29, 1.82) is 0 Å². The number of piperidine rings is 1. The molecule has 150 valence electrons. The van der Waals surface area contributed by atoms with Crippen molar-refractivity contribution in [2.75, 3.05) is 19.7 Å². The van der Waals surface area contributed by atoms with Gasteiger partial charge in [-0.05, 0) is 31.9 Å². The number of rotatable bonds is 5. The quantitative estimate of drug-likeness (QED) is 0.617. The second-order valence-corrected chi connectivity index (χ2v) is 8.03. The lowest BCUT2D eigenvalue weighted by molar-refractivity contribution is 0.0632. The van der Waals surface area contributed by atoms with E-state index in [0.717, 1.165) is 42.4 Å². The van der Waals surface area contributed by atoms with Crippen LogP contribution in [-0.2, 0) is 0 Å². The molecule has 1 atom stereocenters. The molecule has 0 aliphatic carbocycles. The van der Waals surface area contributed by atoms with Gasteiger partial charge in [0.15, 0.2) is 0 Å². The number of pyridine rings is 1. The lowest BCUT2D eigenvalue weighted by atomic mass is 9.96. The molecule has 1 aliphatic rings. The van der Waals surface area contributed by atoms with Crippen LogP contribution in [0.4, 0.5) is 4.39 Å². The first-order valence-corrected chi connectivity index (χ1v) is 10.6. The molecule has 29 heavy (non-hydrogen) atoms. The normalized spacial score (nSPS) is 16.6. The Bertz CT molecular complexity index is 976. The van der Waals surface area contributed by atoms with Crippen molar-refractivity contribution in [1.82, 2.24) is 14.9 Å². The molecule has 1 amide bonds. The summed E-state index contributed by atoms with van der Waals surface area (Å²) in [5, 5.41) is 1.96. The van der Waals surface area contributed by atoms with Crippen LogP contribution in [0.25, 0.3) is 11.3 Å². The van der Waals surface area contributed by atoms with Crippen molar-refractivity contribution in [2.45, 2.75) is 19.8 Å². The third-order valence-electron chi connectivity index (χ3n) is 5.09. The zero-order chi connectivity index (χ0) is 20.2. The zero-order valence-corrected chi connectivity index (χ0v) is 17.0. The molecule has 7 heteroatoms. The van der Waals surface area contributed by atoms with Crippen LogP contribution in [0.3, 0.4) is 0 Å². The van der Waals surface area contributed by atoms with Crippen molar-refractivity contribution in [3.63, 3.8) is 0 Å². The number of nitrogens with zero attached hydrogens (tertiary/aromatic N) is 3. The maximum atomic E-state index is 13.3. The van der Waals surface area contributed by atoms with Crippen LogP contribution in [-0.4, -0.2) is 40.5 Å². The van der Waals surface area contributed by atoms with E-state index in [1.54, 1.807) is 5.51 Å². The van der Waals surface area contributed by atoms with Crippen LogP contribution in [0.5, 0.6) is 5.88 Å². The van der Waals surface area contributed by atoms with Crippen molar-refractivity contribution in [2.24, 2.45) is 5.92 Å². The molecule has 1 aliphatic heterocycles. The highest BCUT2D eigenvalue weighted by Crippen LogP contribution is 2.27. The van der Waals surface area contributed by atoms with Gasteiger partial charge in [-0.15, -0.1) is 11.3 Å². The minimum absolute atomic E-state index is 0.0290. The van der Waals surface area contributed by atoms with E-state index >= 15 is 0 Å². The first-order valence-electron chi connectivity index (χ1n) is 9.63. The molecule has 3 heterocycles. The number of hydrogen-bond donors (Lipinski definition) is 0. The molecule has 1 aromatic carbocycles. The van der Waals surface area contributed by atoms with Crippen LogP contribution in [0, 0.1) is 18.7 Å². The van der Waals surface area contributed by atoms with E-state index in [2.05, 4.69) is 9.97 Å². The zero-order valence-electron chi connectivity index (χ0n) is 16.2. The lowest BCUT2D eigenvalue weighted by Gasteiger charge is -2.33. The van der Waals surface area contributed by atoms with E-state index in [-0.39, 0.29) is 17.6 Å². The molecule has 0 saturated carbocycles. The third-order valence-corrected chi connectivity index (χ3v) is 5.67. The average Bonchev–Trinajstić information content (AvgIpc) is 3.28. The number of carbonyl (C=O) groups excluding carboxylic acids is 1. The minimum Gasteiger partial charge on any atom is -0.477 e. The molecule has 4 rings (SSSR count). The molecule has 1 saturated heterocycles. The van der Waals surface area contributed by atoms with Gasteiger partial charge < -0.3 is 9.64 Å². The molecular weight excluding hydrogens is 389 g/mol. The number of carbonyl (C=O) groups is 1. The summed E-state index contributed by atoms with van der Waals surface area (Å²) in [5.74, 6) is 0.258. The minimum atomic E-state index is -0.388. The first kappa shape index (κ1) is 19.5. The van der Waals surface area contributed by atoms with Gasteiger partial charge in [0.1, 0.15) is 5.82 Å². The number of ether oxygens (including phenoxy) is 1. The van der Waals surface area contributed by atoms with Gasteiger partial charge in [-0.25, -0.2) is 14.4 Å². The van der Waals surface area contributed by atoms with Crippen LogP contribution in [0.2, 0.25) is 0 Å². The summed E-state index contributed by atoms with van der Waals surface area (Å²) >= 11 is 1.52.